The van der Waals surface area contributed by atoms with Crippen LogP contribution in [0.1, 0.15) is 28.2 Å². The maximum absolute atomic E-state index is 12.0. The first-order chi connectivity index (χ1) is 9.22. The molecule has 4 heteroatoms. The van der Waals surface area contributed by atoms with Gasteiger partial charge in [0.25, 0.3) is 5.56 Å². The van der Waals surface area contributed by atoms with Gasteiger partial charge in [-0.05, 0) is 25.5 Å². The highest BCUT2D eigenvalue weighted by atomic mass is 16.1. The molecule has 0 unspecified atom stereocenters. The van der Waals surface area contributed by atoms with E-state index in [1.54, 1.807) is 0 Å². The second-order valence-electron chi connectivity index (χ2n) is 5.03. The van der Waals surface area contributed by atoms with E-state index in [2.05, 4.69) is 40.4 Å². The van der Waals surface area contributed by atoms with Crippen molar-refractivity contribution in [3.63, 3.8) is 0 Å². The molecule has 1 aromatic heterocycles. The van der Waals surface area contributed by atoms with Gasteiger partial charge in [-0.1, -0.05) is 29.8 Å². The molecule has 19 heavy (non-hydrogen) atoms. The van der Waals surface area contributed by atoms with E-state index >= 15 is 0 Å². The third-order valence-electron chi connectivity index (χ3n) is 3.45. The molecule has 0 aliphatic carbocycles. The fourth-order valence-corrected chi connectivity index (χ4v) is 2.52. The molecular formula is C15H17N3O. The number of rotatable bonds is 2. The predicted octanol–water partition coefficient (Wildman–Crippen LogP) is 1.31. The third-order valence-corrected chi connectivity index (χ3v) is 3.45. The Morgan fingerprint density at radius 2 is 2.26 bits per heavy atom. The van der Waals surface area contributed by atoms with Crippen LogP contribution in [0, 0.1) is 6.92 Å². The molecule has 1 aromatic carbocycles. The molecule has 0 fully saturated rings. The number of benzene rings is 1. The number of aromatic amines is 1. The molecule has 98 valence electrons. The van der Waals surface area contributed by atoms with Crippen molar-refractivity contribution in [1.82, 2.24) is 15.3 Å². The molecule has 1 aliphatic heterocycles. The number of hydrogen-bond acceptors (Lipinski definition) is 3. The molecule has 0 bridgehead atoms. The van der Waals surface area contributed by atoms with Crippen LogP contribution in [-0.4, -0.2) is 16.5 Å². The van der Waals surface area contributed by atoms with Gasteiger partial charge in [-0.2, -0.15) is 0 Å². The highest BCUT2D eigenvalue weighted by Crippen LogP contribution is 2.10. The number of nitrogens with one attached hydrogen (secondary N) is 2. The summed E-state index contributed by atoms with van der Waals surface area (Å²) in [6.45, 7) is 3.62. The quantitative estimate of drug-likeness (QED) is 0.850. The van der Waals surface area contributed by atoms with Gasteiger partial charge in [-0.15, -0.1) is 0 Å². The van der Waals surface area contributed by atoms with E-state index in [0.717, 1.165) is 30.0 Å². The summed E-state index contributed by atoms with van der Waals surface area (Å²) in [6.07, 6.45) is 1.44. The summed E-state index contributed by atoms with van der Waals surface area (Å²) in [5.41, 5.74) is 4.16. The van der Waals surface area contributed by atoms with E-state index < -0.39 is 0 Å². The zero-order chi connectivity index (χ0) is 13.2. The maximum Gasteiger partial charge on any atom is 0.254 e. The first kappa shape index (κ1) is 12.1. The van der Waals surface area contributed by atoms with Crippen LogP contribution in [0.5, 0.6) is 0 Å². The van der Waals surface area contributed by atoms with Gasteiger partial charge in [0.15, 0.2) is 0 Å². The van der Waals surface area contributed by atoms with Crippen LogP contribution >= 0.6 is 0 Å². The van der Waals surface area contributed by atoms with Gasteiger partial charge in [0.2, 0.25) is 0 Å². The average Bonchev–Trinajstić information content (AvgIpc) is 2.39. The predicted molar refractivity (Wildman–Crippen MR) is 74.3 cm³/mol. The molecule has 3 rings (SSSR count). The van der Waals surface area contributed by atoms with Gasteiger partial charge in [-0.25, -0.2) is 4.98 Å². The van der Waals surface area contributed by atoms with Crippen molar-refractivity contribution in [3.05, 3.63) is 62.8 Å². The number of aryl methyl sites for hydroxylation is 1. The first-order valence-corrected chi connectivity index (χ1v) is 6.59. The van der Waals surface area contributed by atoms with Crippen LogP contribution in [0.25, 0.3) is 0 Å². The van der Waals surface area contributed by atoms with E-state index in [4.69, 9.17) is 0 Å². The number of H-pyrrole nitrogens is 1. The van der Waals surface area contributed by atoms with Crippen LogP contribution in [0.4, 0.5) is 0 Å². The minimum atomic E-state index is 0.0224. The lowest BCUT2D eigenvalue weighted by Gasteiger charge is -2.15. The van der Waals surface area contributed by atoms with E-state index in [1.807, 2.05) is 6.07 Å². The van der Waals surface area contributed by atoms with Crippen LogP contribution in [0.15, 0.2) is 29.1 Å². The molecule has 4 nitrogen and oxygen atoms in total. The summed E-state index contributed by atoms with van der Waals surface area (Å²) in [5.74, 6) is 0.748. The third kappa shape index (κ3) is 2.58. The van der Waals surface area contributed by atoms with Crippen molar-refractivity contribution in [2.75, 3.05) is 6.54 Å². The lowest BCUT2D eigenvalue weighted by Crippen LogP contribution is -2.31. The largest absolute Gasteiger partial charge is 0.311 e. The van der Waals surface area contributed by atoms with Crippen LogP contribution in [0.2, 0.25) is 0 Å². The molecule has 0 atom stereocenters. The summed E-state index contributed by atoms with van der Waals surface area (Å²) >= 11 is 0. The SMILES string of the molecule is Cc1cccc(Cc2nc3c(c(=O)[nH]2)CCNC3)c1. The number of fused-ring (bicyclic) bond motifs is 1. The lowest BCUT2D eigenvalue weighted by molar-refractivity contribution is 0.613. The van der Waals surface area contributed by atoms with Gasteiger partial charge in [0.05, 0.1) is 5.69 Å². The summed E-state index contributed by atoms with van der Waals surface area (Å²) in [5, 5.41) is 3.25. The van der Waals surface area contributed by atoms with Gasteiger partial charge >= 0.3 is 0 Å². The molecule has 0 amide bonds. The normalized spacial score (nSPS) is 14.2. The Labute approximate surface area is 111 Å². The standard InChI is InChI=1S/C15H17N3O/c1-10-3-2-4-11(7-10)8-14-17-13-9-16-6-5-12(13)15(19)18-14/h2-4,7,16H,5-6,8-9H2,1H3,(H,17,18,19). The minimum absolute atomic E-state index is 0.0224. The van der Waals surface area contributed by atoms with Gasteiger partial charge in [0.1, 0.15) is 5.82 Å². The Morgan fingerprint density at radius 3 is 3.11 bits per heavy atom. The van der Waals surface area contributed by atoms with E-state index in [-0.39, 0.29) is 5.56 Å². The van der Waals surface area contributed by atoms with Gasteiger partial charge < -0.3 is 10.3 Å². The Hall–Kier alpha value is -1.94. The summed E-state index contributed by atoms with van der Waals surface area (Å²) < 4.78 is 0. The zero-order valence-electron chi connectivity index (χ0n) is 11.0. The summed E-state index contributed by atoms with van der Waals surface area (Å²) in [4.78, 5) is 19.5. The first-order valence-electron chi connectivity index (χ1n) is 6.59. The molecule has 2 N–H and O–H groups in total. The molecule has 1 aliphatic rings. The Balaban J connectivity index is 1.94. The fraction of sp³-hybridized carbons (Fsp3) is 0.333. The minimum Gasteiger partial charge on any atom is -0.311 e. The van der Waals surface area contributed by atoms with Crippen molar-refractivity contribution in [3.8, 4) is 0 Å². The van der Waals surface area contributed by atoms with Crippen molar-refractivity contribution in [2.24, 2.45) is 0 Å². The van der Waals surface area contributed by atoms with E-state index in [9.17, 15) is 4.79 Å². The highest BCUT2D eigenvalue weighted by Gasteiger charge is 2.15. The molecule has 0 saturated heterocycles. The lowest BCUT2D eigenvalue weighted by atomic mass is 10.1. The fourth-order valence-electron chi connectivity index (χ4n) is 2.52. The molecule has 2 heterocycles. The molecule has 0 spiro atoms. The highest BCUT2D eigenvalue weighted by molar-refractivity contribution is 5.26. The molecule has 0 radical (unpaired) electrons. The van der Waals surface area contributed by atoms with Crippen LogP contribution in [0.3, 0.4) is 0 Å². The molecule has 0 saturated carbocycles. The Bertz CT molecular complexity index is 661. The zero-order valence-corrected chi connectivity index (χ0v) is 11.0. The average molecular weight is 255 g/mol. The van der Waals surface area contributed by atoms with Crippen molar-refractivity contribution in [1.29, 1.82) is 0 Å². The summed E-state index contributed by atoms with van der Waals surface area (Å²) in [7, 11) is 0. The monoisotopic (exact) mass is 255 g/mol. The van der Waals surface area contributed by atoms with Crippen LogP contribution in [-0.2, 0) is 19.4 Å². The second-order valence-corrected chi connectivity index (χ2v) is 5.03. The van der Waals surface area contributed by atoms with Crippen molar-refractivity contribution < 1.29 is 0 Å². The van der Waals surface area contributed by atoms with E-state index in [0.29, 0.717) is 13.0 Å². The second kappa shape index (κ2) is 4.97. The Kier molecular flexibility index (Phi) is 3.17. The van der Waals surface area contributed by atoms with Crippen molar-refractivity contribution in [2.45, 2.75) is 26.3 Å². The van der Waals surface area contributed by atoms with E-state index in [1.165, 1.54) is 11.1 Å². The number of aromatic nitrogens is 2. The van der Waals surface area contributed by atoms with Crippen LogP contribution < -0.4 is 10.9 Å². The summed E-state index contributed by atoms with van der Waals surface area (Å²) in [6, 6.07) is 8.28. The van der Waals surface area contributed by atoms with Gasteiger partial charge in [0, 0.05) is 18.5 Å². The molecule has 2 aromatic rings. The molecular weight excluding hydrogens is 238 g/mol. The number of hydrogen-bond donors (Lipinski definition) is 2. The van der Waals surface area contributed by atoms with Crippen molar-refractivity contribution >= 4 is 0 Å². The topological polar surface area (TPSA) is 57.8 Å². The smallest absolute Gasteiger partial charge is 0.254 e. The maximum atomic E-state index is 12.0. The number of nitrogens with zero attached hydrogens (tertiary/aromatic N) is 1. The van der Waals surface area contributed by atoms with Gasteiger partial charge in [-0.3, -0.25) is 4.79 Å². The Morgan fingerprint density at radius 1 is 1.37 bits per heavy atom.